The number of rotatable bonds is 7. The standard InChI is InChI=1S/C22H23N3O3/c1-15(16-7-5-4-6-8-16)24-21-13-17(11-12-23-21)22(26)25-19-10-9-18(27-2)14-20(19)28-3/h4-15H,1-3H3,(H,23,24)(H,25,26). The lowest BCUT2D eigenvalue weighted by Gasteiger charge is -2.16. The third-order valence-corrected chi connectivity index (χ3v) is 4.34. The van der Waals surface area contributed by atoms with Crippen LogP contribution in [-0.2, 0) is 0 Å². The van der Waals surface area contributed by atoms with Gasteiger partial charge in [0.2, 0.25) is 0 Å². The summed E-state index contributed by atoms with van der Waals surface area (Å²) in [5, 5.41) is 6.19. The molecular formula is C22H23N3O3. The molecule has 1 aromatic heterocycles. The van der Waals surface area contributed by atoms with E-state index in [0.29, 0.717) is 28.6 Å². The number of carbonyl (C=O) groups excluding carboxylic acids is 1. The summed E-state index contributed by atoms with van der Waals surface area (Å²) in [6, 6.07) is 18.7. The van der Waals surface area contributed by atoms with Crippen LogP contribution in [0, 0.1) is 0 Å². The van der Waals surface area contributed by atoms with Gasteiger partial charge in [-0.2, -0.15) is 0 Å². The van der Waals surface area contributed by atoms with Crippen LogP contribution in [0.5, 0.6) is 11.5 Å². The Bertz CT molecular complexity index is 945. The highest BCUT2D eigenvalue weighted by atomic mass is 16.5. The van der Waals surface area contributed by atoms with Crippen molar-refractivity contribution in [1.82, 2.24) is 4.98 Å². The molecule has 0 aliphatic rings. The molecule has 0 saturated carbocycles. The first kappa shape index (κ1) is 19.2. The minimum Gasteiger partial charge on any atom is -0.497 e. The Labute approximate surface area is 164 Å². The number of pyridine rings is 1. The summed E-state index contributed by atoms with van der Waals surface area (Å²) < 4.78 is 10.5. The Morgan fingerprint density at radius 3 is 2.50 bits per heavy atom. The summed E-state index contributed by atoms with van der Waals surface area (Å²) >= 11 is 0. The van der Waals surface area contributed by atoms with Crippen LogP contribution in [0.3, 0.4) is 0 Å². The first-order chi connectivity index (χ1) is 13.6. The second-order valence-electron chi connectivity index (χ2n) is 6.23. The monoisotopic (exact) mass is 377 g/mol. The zero-order chi connectivity index (χ0) is 19.9. The van der Waals surface area contributed by atoms with Gasteiger partial charge in [0, 0.05) is 23.9 Å². The molecule has 1 heterocycles. The molecule has 144 valence electrons. The lowest BCUT2D eigenvalue weighted by Crippen LogP contribution is -2.14. The van der Waals surface area contributed by atoms with Crippen LogP contribution in [0.25, 0.3) is 0 Å². The van der Waals surface area contributed by atoms with Gasteiger partial charge in [-0.3, -0.25) is 4.79 Å². The molecule has 1 unspecified atom stereocenters. The van der Waals surface area contributed by atoms with Gasteiger partial charge in [0.25, 0.3) is 5.91 Å². The van der Waals surface area contributed by atoms with Crippen molar-refractivity contribution in [2.75, 3.05) is 24.9 Å². The fraction of sp³-hybridized carbons (Fsp3) is 0.182. The Kier molecular flexibility index (Phi) is 6.11. The highest BCUT2D eigenvalue weighted by Crippen LogP contribution is 2.29. The fourth-order valence-electron chi connectivity index (χ4n) is 2.79. The Morgan fingerprint density at radius 2 is 1.79 bits per heavy atom. The van der Waals surface area contributed by atoms with Gasteiger partial charge < -0.3 is 20.1 Å². The number of nitrogens with one attached hydrogen (secondary N) is 2. The summed E-state index contributed by atoms with van der Waals surface area (Å²) in [7, 11) is 3.12. The number of methoxy groups -OCH3 is 2. The van der Waals surface area contributed by atoms with Gasteiger partial charge in [-0.25, -0.2) is 4.98 Å². The first-order valence-electron chi connectivity index (χ1n) is 8.91. The molecule has 0 radical (unpaired) electrons. The van der Waals surface area contributed by atoms with Crippen molar-refractivity contribution in [2.24, 2.45) is 0 Å². The van der Waals surface area contributed by atoms with E-state index in [4.69, 9.17) is 9.47 Å². The third kappa shape index (κ3) is 4.59. The summed E-state index contributed by atoms with van der Waals surface area (Å²) in [6.45, 7) is 2.05. The van der Waals surface area contributed by atoms with Crippen molar-refractivity contribution in [1.29, 1.82) is 0 Å². The van der Waals surface area contributed by atoms with Crippen LogP contribution in [0.15, 0.2) is 66.9 Å². The average molecular weight is 377 g/mol. The quantitative estimate of drug-likeness (QED) is 0.633. The average Bonchev–Trinajstić information content (AvgIpc) is 2.74. The number of nitrogens with zero attached hydrogens (tertiary/aromatic N) is 1. The molecule has 0 fully saturated rings. The number of amides is 1. The molecule has 2 aromatic carbocycles. The van der Waals surface area contributed by atoms with Crippen LogP contribution in [0.2, 0.25) is 0 Å². The van der Waals surface area contributed by atoms with Crippen molar-refractivity contribution in [3.8, 4) is 11.5 Å². The SMILES string of the molecule is COc1ccc(NC(=O)c2ccnc(NC(C)c3ccccc3)c2)c(OC)c1. The lowest BCUT2D eigenvalue weighted by atomic mass is 10.1. The van der Waals surface area contributed by atoms with Crippen LogP contribution >= 0.6 is 0 Å². The third-order valence-electron chi connectivity index (χ3n) is 4.34. The smallest absolute Gasteiger partial charge is 0.255 e. The second kappa shape index (κ2) is 8.90. The molecule has 6 heteroatoms. The molecule has 2 N–H and O–H groups in total. The zero-order valence-electron chi connectivity index (χ0n) is 16.1. The van der Waals surface area contributed by atoms with E-state index in [1.54, 1.807) is 50.7 Å². The van der Waals surface area contributed by atoms with E-state index in [0.717, 1.165) is 5.56 Å². The molecule has 0 spiro atoms. The van der Waals surface area contributed by atoms with Gasteiger partial charge in [0.1, 0.15) is 17.3 Å². The maximum Gasteiger partial charge on any atom is 0.255 e. The number of hydrogen-bond acceptors (Lipinski definition) is 5. The molecule has 6 nitrogen and oxygen atoms in total. The molecule has 28 heavy (non-hydrogen) atoms. The molecule has 0 saturated heterocycles. The maximum atomic E-state index is 12.7. The van der Waals surface area contributed by atoms with Crippen LogP contribution < -0.4 is 20.1 Å². The van der Waals surface area contributed by atoms with E-state index in [1.165, 1.54) is 0 Å². The molecule has 0 aliphatic carbocycles. The molecule has 1 amide bonds. The predicted octanol–water partition coefficient (Wildman–Crippen LogP) is 4.52. The highest BCUT2D eigenvalue weighted by molar-refractivity contribution is 6.05. The molecule has 3 rings (SSSR count). The summed E-state index contributed by atoms with van der Waals surface area (Å²) in [5.74, 6) is 1.56. The minimum atomic E-state index is -0.249. The van der Waals surface area contributed by atoms with Gasteiger partial charge in [-0.15, -0.1) is 0 Å². The molecule has 0 aliphatic heterocycles. The van der Waals surface area contributed by atoms with Crippen LogP contribution in [-0.4, -0.2) is 25.1 Å². The van der Waals surface area contributed by atoms with E-state index in [9.17, 15) is 4.79 Å². The van der Waals surface area contributed by atoms with Crippen molar-refractivity contribution < 1.29 is 14.3 Å². The van der Waals surface area contributed by atoms with Gasteiger partial charge in [-0.05, 0) is 36.8 Å². The number of ether oxygens (including phenoxy) is 2. The number of carbonyl (C=O) groups is 1. The van der Waals surface area contributed by atoms with Crippen molar-refractivity contribution in [3.05, 3.63) is 78.0 Å². The molecular weight excluding hydrogens is 354 g/mol. The van der Waals surface area contributed by atoms with Gasteiger partial charge in [0.05, 0.1) is 19.9 Å². The Hall–Kier alpha value is -3.54. The van der Waals surface area contributed by atoms with Crippen LogP contribution in [0.4, 0.5) is 11.5 Å². The largest absolute Gasteiger partial charge is 0.497 e. The van der Waals surface area contributed by atoms with E-state index < -0.39 is 0 Å². The van der Waals surface area contributed by atoms with Gasteiger partial charge in [0.15, 0.2) is 0 Å². The minimum absolute atomic E-state index is 0.0636. The highest BCUT2D eigenvalue weighted by Gasteiger charge is 2.13. The first-order valence-corrected chi connectivity index (χ1v) is 8.91. The normalized spacial score (nSPS) is 11.4. The maximum absolute atomic E-state index is 12.7. The molecule has 1 atom stereocenters. The summed E-state index contributed by atoms with van der Waals surface area (Å²) in [4.78, 5) is 17.0. The Morgan fingerprint density at radius 1 is 1.00 bits per heavy atom. The number of aromatic nitrogens is 1. The number of hydrogen-bond donors (Lipinski definition) is 2. The number of benzene rings is 2. The topological polar surface area (TPSA) is 72.5 Å². The molecule has 0 bridgehead atoms. The van der Waals surface area contributed by atoms with E-state index in [1.807, 2.05) is 37.3 Å². The van der Waals surface area contributed by atoms with E-state index >= 15 is 0 Å². The number of anilines is 2. The van der Waals surface area contributed by atoms with Gasteiger partial charge >= 0.3 is 0 Å². The van der Waals surface area contributed by atoms with Gasteiger partial charge in [-0.1, -0.05) is 30.3 Å². The van der Waals surface area contributed by atoms with Crippen LogP contribution in [0.1, 0.15) is 28.9 Å². The molecule has 3 aromatic rings. The summed E-state index contributed by atoms with van der Waals surface area (Å²) in [6.07, 6.45) is 1.61. The fourth-order valence-corrected chi connectivity index (χ4v) is 2.79. The Balaban J connectivity index is 1.74. The van der Waals surface area contributed by atoms with Crippen molar-refractivity contribution in [3.63, 3.8) is 0 Å². The lowest BCUT2D eigenvalue weighted by molar-refractivity contribution is 0.102. The van der Waals surface area contributed by atoms with E-state index in [2.05, 4.69) is 15.6 Å². The second-order valence-corrected chi connectivity index (χ2v) is 6.23. The zero-order valence-corrected chi connectivity index (χ0v) is 16.1. The van der Waals surface area contributed by atoms with E-state index in [-0.39, 0.29) is 11.9 Å². The van der Waals surface area contributed by atoms with Crippen molar-refractivity contribution in [2.45, 2.75) is 13.0 Å². The predicted molar refractivity (Wildman–Crippen MR) is 110 cm³/mol. The van der Waals surface area contributed by atoms with Crippen molar-refractivity contribution >= 4 is 17.4 Å². The summed E-state index contributed by atoms with van der Waals surface area (Å²) in [5.41, 5.74) is 2.20.